The number of benzene rings is 2. The molecule has 2 aliphatic rings. The average molecular weight is 413 g/mol. The predicted octanol–water partition coefficient (Wildman–Crippen LogP) is 5.49. The summed E-state index contributed by atoms with van der Waals surface area (Å²) in [7, 11) is 0. The predicted molar refractivity (Wildman–Crippen MR) is 115 cm³/mol. The van der Waals surface area contributed by atoms with Crippen LogP contribution in [0.3, 0.4) is 0 Å². The average Bonchev–Trinajstić information content (AvgIpc) is 3.23. The summed E-state index contributed by atoms with van der Waals surface area (Å²) in [6, 6.07) is 14.1. The van der Waals surface area contributed by atoms with E-state index in [0.29, 0.717) is 25.2 Å². The van der Waals surface area contributed by atoms with Crippen LogP contribution >= 0.6 is 0 Å². The molecule has 5 nitrogen and oxygen atoms in total. The van der Waals surface area contributed by atoms with Gasteiger partial charge in [-0.05, 0) is 81.2 Å². The first-order chi connectivity index (χ1) is 14.7. The van der Waals surface area contributed by atoms with Gasteiger partial charge in [-0.15, -0.1) is 0 Å². The number of rotatable bonds is 9. The molecular formula is C25H32O5. The first-order valence-electron chi connectivity index (χ1n) is 11.0. The van der Waals surface area contributed by atoms with E-state index in [9.17, 15) is 0 Å². The highest BCUT2D eigenvalue weighted by atomic mass is 16.7. The molecule has 0 saturated heterocycles. The van der Waals surface area contributed by atoms with Crippen molar-refractivity contribution in [1.82, 2.24) is 0 Å². The lowest BCUT2D eigenvalue weighted by Crippen LogP contribution is -2.25. The van der Waals surface area contributed by atoms with Crippen LogP contribution in [0.2, 0.25) is 0 Å². The van der Waals surface area contributed by atoms with Gasteiger partial charge in [0.05, 0.1) is 13.2 Å². The molecule has 1 atom stereocenters. The minimum Gasteiger partial charge on any atom is -0.465 e. The summed E-state index contributed by atoms with van der Waals surface area (Å²) in [6.45, 7) is 6.54. The highest BCUT2D eigenvalue weighted by molar-refractivity contribution is 5.44. The van der Waals surface area contributed by atoms with Crippen molar-refractivity contribution in [3.05, 3.63) is 53.6 Å². The van der Waals surface area contributed by atoms with Gasteiger partial charge in [0.1, 0.15) is 5.75 Å². The zero-order chi connectivity index (χ0) is 20.8. The third-order valence-corrected chi connectivity index (χ3v) is 5.92. The van der Waals surface area contributed by atoms with Crippen LogP contribution in [0.1, 0.15) is 43.7 Å². The lowest BCUT2D eigenvalue weighted by Gasteiger charge is -2.29. The fourth-order valence-corrected chi connectivity index (χ4v) is 4.05. The van der Waals surface area contributed by atoms with Gasteiger partial charge in [0.25, 0.3) is 0 Å². The quantitative estimate of drug-likeness (QED) is 0.510. The maximum atomic E-state index is 5.98. The van der Waals surface area contributed by atoms with Gasteiger partial charge in [-0.3, -0.25) is 0 Å². The van der Waals surface area contributed by atoms with Crippen molar-refractivity contribution in [2.75, 3.05) is 20.0 Å². The Labute approximate surface area is 179 Å². The van der Waals surface area contributed by atoms with Crippen LogP contribution in [0.15, 0.2) is 42.5 Å². The van der Waals surface area contributed by atoms with E-state index in [4.69, 9.17) is 23.7 Å². The normalized spacial score (nSPS) is 21.4. The Bertz CT molecular complexity index is 796. The number of hydrogen-bond donors (Lipinski definition) is 0. The van der Waals surface area contributed by atoms with Crippen molar-refractivity contribution in [2.24, 2.45) is 11.8 Å². The highest BCUT2D eigenvalue weighted by Gasteiger charge is 2.22. The van der Waals surface area contributed by atoms with Crippen molar-refractivity contribution in [1.29, 1.82) is 0 Å². The van der Waals surface area contributed by atoms with Crippen LogP contribution in [-0.2, 0) is 16.1 Å². The van der Waals surface area contributed by atoms with E-state index in [1.807, 2.05) is 37.3 Å². The Hall–Kier alpha value is -2.24. The lowest BCUT2D eigenvalue weighted by molar-refractivity contribution is -0.0842. The fourth-order valence-electron chi connectivity index (χ4n) is 4.05. The topological polar surface area (TPSA) is 46.2 Å². The monoisotopic (exact) mass is 412 g/mol. The largest absolute Gasteiger partial charge is 0.465 e. The second-order valence-corrected chi connectivity index (χ2v) is 8.42. The third-order valence-electron chi connectivity index (χ3n) is 5.92. The Balaban J connectivity index is 1.10. The van der Waals surface area contributed by atoms with E-state index in [1.54, 1.807) is 0 Å². The third kappa shape index (κ3) is 5.89. The fraction of sp³-hybridized carbons (Fsp3) is 0.520. The van der Waals surface area contributed by atoms with Gasteiger partial charge in [0.15, 0.2) is 17.8 Å². The molecule has 1 heterocycles. The Morgan fingerprint density at radius 2 is 1.60 bits per heavy atom. The number of hydrogen-bond acceptors (Lipinski definition) is 5. The molecule has 1 aliphatic heterocycles. The molecule has 0 radical (unpaired) electrons. The smallest absolute Gasteiger partial charge is 0.231 e. The van der Waals surface area contributed by atoms with E-state index in [0.717, 1.165) is 36.0 Å². The van der Waals surface area contributed by atoms with Gasteiger partial charge < -0.3 is 23.7 Å². The van der Waals surface area contributed by atoms with Gasteiger partial charge >= 0.3 is 0 Å². The molecule has 0 bridgehead atoms. The van der Waals surface area contributed by atoms with Gasteiger partial charge in [0, 0.05) is 6.61 Å². The summed E-state index contributed by atoms with van der Waals surface area (Å²) >= 11 is 0. The van der Waals surface area contributed by atoms with E-state index >= 15 is 0 Å². The molecule has 1 unspecified atom stereocenters. The standard InChI is InChI=1S/C25H32O5/c1-18-3-10-23(11-4-18)30-19(2)27-16-21-7-5-20(6-8-21)14-26-15-22-9-12-24-25(13-22)29-17-28-24/h3-4,9-13,19-21H,5-8,14-17H2,1-2H3. The molecule has 0 N–H and O–H groups in total. The summed E-state index contributed by atoms with van der Waals surface area (Å²) in [5, 5.41) is 0. The van der Waals surface area contributed by atoms with E-state index < -0.39 is 0 Å². The molecule has 162 valence electrons. The molecule has 30 heavy (non-hydrogen) atoms. The van der Waals surface area contributed by atoms with Crippen molar-refractivity contribution >= 4 is 0 Å². The molecule has 1 aliphatic carbocycles. The Morgan fingerprint density at radius 3 is 2.37 bits per heavy atom. The Kier molecular flexibility index (Phi) is 7.13. The number of fused-ring (bicyclic) bond motifs is 1. The van der Waals surface area contributed by atoms with Gasteiger partial charge in [-0.1, -0.05) is 23.8 Å². The van der Waals surface area contributed by atoms with Crippen LogP contribution in [0, 0.1) is 18.8 Å². The van der Waals surface area contributed by atoms with Gasteiger partial charge in [0.2, 0.25) is 6.79 Å². The van der Waals surface area contributed by atoms with E-state index in [1.165, 1.54) is 31.2 Å². The first kappa shape index (κ1) is 21.0. The maximum absolute atomic E-state index is 5.98. The van der Waals surface area contributed by atoms with Gasteiger partial charge in [-0.25, -0.2) is 0 Å². The van der Waals surface area contributed by atoms with Crippen molar-refractivity contribution in [3.63, 3.8) is 0 Å². The maximum Gasteiger partial charge on any atom is 0.231 e. The molecule has 2 aromatic rings. The molecule has 0 aromatic heterocycles. The Morgan fingerprint density at radius 1 is 0.900 bits per heavy atom. The van der Waals surface area contributed by atoms with Crippen LogP contribution in [0.4, 0.5) is 0 Å². The number of aryl methyl sites for hydroxylation is 1. The summed E-state index contributed by atoms with van der Waals surface area (Å²) in [6.07, 6.45) is 4.55. The zero-order valence-corrected chi connectivity index (χ0v) is 18.0. The molecule has 0 spiro atoms. The summed E-state index contributed by atoms with van der Waals surface area (Å²) in [4.78, 5) is 0. The van der Waals surface area contributed by atoms with Crippen molar-refractivity contribution < 1.29 is 23.7 Å². The summed E-state index contributed by atoms with van der Waals surface area (Å²) in [5.74, 6) is 3.74. The molecule has 1 saturated carbocycles. The second kappa shape index (κ2) is 10.2. The molecule has 0 amide bonds. The van der Waals surface area contributed by atoms with E-state index in [2.05, 4.69) is 19.1 Å². The first-order valence-corrected chi connectivity index (χ1v) is 11.0. The van der Waals surface area contributed by atoms with Crippen LogP contribution in [-0.4, -0.2) is 26.3 Å². The number of ether oxygens (including phenoxy) is 5. The summed E-state index contributed by atoms with van der Waals surface area (Å²) < 4.78 is 28.6. The summed E-state index contributed by atoms with van der Waals surface area (Å²) in [5.41, 5.74) is 2.36. The minimum absolute atomic E-state index is 0.226. The highest BCUT2D eigenvalue weighted by Crippen LogP contribution is 2.33. The van der Waals surface area contributed by atoms with Crippen molar-refractivity contribution in [2.45, 2.75) is 52.4 Å². The minimum atomic E-state index is -0.226. The van der Waals surface area contributed by atoms with Crippen LogP contribution in [0.25, 0.3) is 0 Å². The second-order valence-electron chi connectivity index (χ2n) is 8.42. The zero-order valence-electron chi connectivity index (χ0n) is 18.0. The van der Waals surface area contributed by atoms with Crippen LogP contribution in [0.5, 0.6) is 17.2 Å². The molecule has 4 rings (SSSR count). The molecule has 1 fully saturated rings. The van der Waals surface area contributed by atoms with Crippen molar-refractivity contribution in [3.8, 4) is 17.2 Å². The SMILES string of the molecule is Cc1ccc(OC(C)OCC2CCC(COCc3ccc4c(c3)OCO4)CC2)cc1. The van der Waals surface area contributed by atoms with Crippen LogP contribution < -0.4 is 14.2 Å². The van der Waals surface area contributed by atoms with Gasteiger partial charge in [-0.2, -0.15) is 0 Å². The van der Waals surface area contributed by atoms with E-state index in [-0.39, 0.29) is 6.29 Å². The molecule has 2 aromatic carbocycles. The molecule has 5 heteroatoms. The lowest BCUT2D eigenvalue weighted by atomic mass is 9.83. The molecular weight excluding hydrogens is 380 g/mol.